The number of rotatable bonds is 2. The summed E-state index contributed by atoms with van der Waals surface area (Å²) in [6.07, 6.45) is 0. The Hall–Kier alpha value is -1.39. The Balaban J connectivity index is 2.20. The van der Waals surface area contributed by atoms with Crippen LogP contribution in [0.4, 0.5) is 10.1 Å². The third-order valence-electron chi connectivity index (χ3n) is 2.60. The summed E-state index contributed by atoms with van der Waals surface area (Å²) < 4.78 is 13.8. The summed E-state index contributed by atoms with van der Waals surface area (Å²) in [5, 5.41) is 3.29. The van der Waals surface area contributed by atoms with Gasteiger partial charge in [0.05, 0.1) is 5.02 Å². The van der Waals surface area contributed by atoms with Crippen LogP contribution < -0.4 is 5.32 Å². The SMILES string of the molecule is Cc1cc(C(=O)Nc2ccc(Cl)c(Br)c2)ccc1F. The highest BCUT2D eigenvalue weighted by atomic mass is 79.9. The van der Waals surface area contributed by atoms with E-state index in [4.69, 9.17) is 11.6 Å². The van der Waals surface area contributed by atoms with Gasteiger partial charge in [-0.1, -0.05) is 11.6 Å². The molecule has 2 nitrogen and oxygen atoms in total. The first-order chi connectivity index (χ1) is 8.97. The van der Waals surface area contributed by atoms with Crippen LogP contribution in [-0.2, 0) is 0 Å². The standard InChI is InChI=1S/C14H10BrClFNO/c1-8-6-9(2-5-13(8)17)14(19)18-10-3-4-12(16)11(15)7-10/h2-7H,1H3,(H,18,19). The Labute approximate surface area is 123 Å². The topological polar surface area (TPSA) is 29.1 Å². The van der Waals surface area contributed by atoms with E-state index in [2.05, 4.69) is 21.2 Å². The number of carbonyl (C=O) groups is 1. The van der Waals surface area contributed by atoms with Crippen molar-refractivity contribution in [1.29, 1.82) is 0 Å². The van der Waals surface area contributed by atoms with Gasteiger partial charge in [0, 0.05) is 15.7 Å². The van der Waals surface area contributed by atoms with Crippen molar-refractivity contribution >= 4 is 39.1 Å². The molecule has 0 atom stereocenters. The number of hydrogen-bond acceptors (Lipinski definition) is 1. The molecule has 0 fully saturated rings. The van der Waals surface area contributed by atoms with Crippen LogP contribution in [0.15, 0.2) is 40.9 Å². The summed E-state index contributed by atoms with van der Waals surface area (Å²) in [4.78, 5) is 12.0. The van der Waals surface area contributed by atoms with Crippen molar-refractivity contribution in [2.24, 2.45) is 0 Å². The van der Waals surface area contributed by atoms with Gasteiger partial charge in [-0.25, -0.2) is 4.39 Å². The number of anilines is 1. The van der Waals surface area contributed by atoms with Crippen LogP contribution >= 0.6 is 27.5 Å². The summed E-state index contributed by atoms with van der Waals surface area (Å²) in [6, 6.07) is 9.31. The lowest BCUT2D eigenvalue weighted by Crippen LogP contribution is -2.12. The monoisotopic (exact) mass is 341 g/mol. The second-order valence-electron chi connectivity index (χ2n) is 4.05. The van der Waals surface area contributed by atoms with Crippen LogP contribution in [0.3, 0.4) is 0 Å². The molecule has 0 spiro atoms. The zero-order valence-electron chi connectivity index (χ0n) is 10.0. The number of aryl methyl sites for hydroxylation is 1. The Kier molecular flexibility index (Phi) is 4.22. The minimum atomic E-state index is -0.328. The summed E-state index contributed by atoms with van der Waals surface area (Å²) in [7, 11) is 0. The van der Waals surface area contributed by atoms with Gasteiger partial charge in [-0.3, -0.25) is 4.79 Å². The van der Waals surface area contributed by atoms with E-state index in [0.29, 0.717) is 26.3 Å². The zero-order chi connectivity index (χ0) is 14.0. The Bertz CT molecular complexity index is 645. The van der Waals surface area contributed by atoms with Crippen molar-refractivity contribution in [3.8, 4) is 0 Å². The van der Waals surface area contributed by atoms with Gasteiger partial charge in [0.1, 0.15) is 5.82 Å². The highest BCUT2D eigenvalue weighted by Gasteiger charge is 2.09. The normalized spacial score (nSPS) is 10.3. The molecule has 5 heteroatoms. The number of halogens is 3. The lowest BCUT2D eigenvalue weighted by Gasteiger charge is -2.07. The number of benzene rings is 2. The van der Waals surface area contributed by atoms with Crippen molar-refractivity contribution in [1.82, 2.24) is 0 Å². The Morgan fingerprint density at radius 2 is 2.00 bits per heavy atom. The highest BCUT2D eigenvalue weighted by molar-refractivity contribution is 9.10. The molecule has 0 aliphatic heterocycles. The minimum Gasteiger partial charge on any atom is -0.322 e. The Morgan fingerprint density at radius 1 is 1.26 bits per heavy atom. The number of hydrogen-bond donors (Lipinski definition) is 1. The van der Waals surface area contributed by atoms with Crippen LogP contribution in [0.2, 0.25) is 5.02 Å². The maximum Gasteiger partial charge on any atom is 0.255 e. The molecule has 0 radical (unpaired) electrons. The highest BCUT2D eigenvalue weighted by Crippen LogP contribution is 2.25. The van der Waals surface area contributed by atoms with Gasteiger partial charge in [0.15, 0.2) is 0 Å². The fourth-order valence-electron chi connectivity index (χ4n) is 1.56. The van der Waals surface area contributed by atoms with Gasteiger partial charge in [-0.05, 0) is 64.8 Å². The molecule has 0 bridgehead atoms. The molecule has 0 saturated carbocycles. The first kappa shape index (κ1) is 14.0. The van der Waals surface area contributed by atoms with E-state index in [-0.39, 0.29) is 11.7 Å². The lowest BCUT2D eigenvalue weighted by atomic mass is 10.1. The molecule has 0 saturated heterocycles. The van der Waals surface area contributed by atoms with E-state index in [0.717, 1.165) is 0 Å². The molecular formula is C14H10BrClFNO. The van der Waals surface area contributed by atoms with Crippen molar-refractivity contribution in [3.05, 3.63) is 62.8 Å². The molecule has 2 rings (SSSR count). The van der Waals surface area contributed by atoms with Gasteiger partial charge in [-0.2, -0.15) is 0 Å². The van der Waals surface area contributed by atoms with Crippen LogP contribution in [0.25, 0.3) is 0 Å². The number of amides is 1. The van der Waals surface area contributed by atoms with Crippen LogP contribution in [-0.4, -0.2) is 5.91 Å². The molecule has 19 heavy (non-hydrogen) atoms. The van der Waals surface area contributed by atoms with Gasteiger partial charge in [0.25, 0.3) is 5.91 Å². The average Bonchev–Trinajstić information content (AvgIpc) is 2.37. The first-order valence-corrected chi connectivity index (χ1v) is 6.67. The molecule has 2 aromatic carbocycles. The molecule has 0 aromatic heterocycles. The predicted octanol–water partition coefficient (Wildman–Crippen LogP) is 4.80. The third-order valence-corrected chi connectivity index (χ3v) is 3.81. The summed E-state index contributed by atoms with van der Waals surface area (Å²) in [5.41, 5.74) is 1.46. The Morgan fingerprint density at radius 3 is 2.63 bits per heavy atom. The van der Waals surface area contributed by atoms with E-state index in [9.17, 15) is 9.18 Å². The van der Waals surface area contributed by atoms with Gasteiger partial charge >= 0.3 is 0 Å². The molecule has 1 amide bonds. The second-order valence-corrected chi connectivity index (χ2v) is 5.31. The van der Waals surface area contributed by atoms with E-state index in [1.54, 1.807) is 25.1 Å². The first-order valence-electron chi connectivity index (χ1n) is 5.50. The van der Waals surface area contributed by atoms with Crippen molar-refractivity contribution in [3.63, 3.8) is 0 Å². The minimum absolute atomic E-state index is 0.294. The third kappa shape index (κ3) is 3.33. The molecule has 1 N–H and O–H groups in total. The second kappa shape index (κ2) is 5.72. The predicted molar refractivity (Wildman–Crippen MR) is 78.2 cm³/mol. The zero-order valence-corrected chi connectivity index (χ0v) is 12.3. The molecule has 2 aromatic rings. The number of nitrogens with one attached hydrogen (secondary N) is 1. The number of carbonyl (C=O) groups excluding carboxylic acids is 1. The molecule has 0 heterocycles. The van der Waals surface area contributed by atoms with Gasteiger partial charge < -0.3 is 5.32 Å². The van der Waals surface area contributed by atoms with E-state index >= 15 is 0 Å². The largest absolute Gasteiger partial charge is 0.322 e. The summed E-state index contributed by atoms with van der Waals surface area (Å²) in [6.45, 7) is 1.62. The van der Waals surface area contributed by atoms with Gasteiger partial charge in [-0.15, -0.1) is 0 Å². The van der Waals surface area contributed by atoms with Crippen molar-refractivity contribution < 1.29 is 9.18 Å². The van der Waals surface area contributed by atoms with E-state index in [1.165, 1.54) is 18.2 Å². The van der Waals surface area contributed by atoms with Crippen LogP contribution in [0.1, 0.15) is 15.9 Å². The average molecular weight is 343 g/mol. The van der Waals surface area contributed by atoms with Gasteiger partial charge in [0.2, 0.25) is 0 Å². The fourth-order valence-corrected chi connectivity index (χ4v) is 2.06. The fraction of sp³-hybridized carbons (Fsp3) is 0.0714. The van der Waals surface area contributed by atoms with Crippen LogP contribution in [0, 0.1) is 12.7 Å². The summed E-state index contributed by atoms with van der Waals surface area (Å²) in [5.74, 6) is -0.622. The van der Waals surface area contributed by atoms with Crippen LogP contribution in [0.5, 0.6) is 0 Å². The molecule has 0 aliphatic carbocycles. The van der Waals surface area contributed by atoms with E-state index in [1.807, 2.05) is 0 Å². The maximum atomic E-state index is 13.1. The maximum absolute atomic E-state index is 13.1. The van der Waals surface area contributed by atoms with E-state index < -0.39 is 0 Å². The summed E-state index contributed by atoms with van der Waals surface area (Å²) >= 11 is 9.15. The molecule has 0 aliphatic rings. The lowest BCUT2D eigenvalue weighted by molar-refractivity contribution is 0.102. The molecule has 98 valence electrons. The quantitative estimate of drug-likeness (QED) is 0.834. The van der Waals surface area contributed by atoms with Crippen molar-refractivity contribution in [2.75, 3.05) is 5.32 Å². The smallest absolute Gasteiger partial charge is 0.255 e. The van der Waals surface area contributed by atoms with Crippen molar-refractivity contribution in [2.45, 2.75) is 6.92 Å². The molecule has 0 unspecified atom stereocenters. The molecular weight excluding hydrogens is 333 g/mol.